The quantitative estimate of drug-likeness (QED) is 0.842. The topological polar surface area (TPSA) is 70.2 Å². The molecule has 6 nitrogen and oxygen atoms in total. The summed E-state index contributed by atoms with van der Waals surface area (Å²) in [5.74, 6) is 1.50. The summed E-state index contributed by atoms with van der Waals surface area (Å²) in [6, 6.07) is 6.05. The summed E-state index contributed by atoms with van der Waals surface area (Å²) in [5.41, 5.74) is 2.06. The van der Waals surface area contributed by atoms with E-state index in [0.717, 1.165) is 43.4 Å². The second kappa shape index (κ2) is 7.72. The van der Waals surface area contributed by atoms with Gasteiger partial charge in [-0.25, -0.2) is 9.97 Å². The summed E-state index contributed by atoms with van der Waals surface area (Å²) < 4.78 is 0. The number of anilines is 2. The van der Waals surface area contributed by atoms with Crippen LogP contribution in [0.5, 0.6) is 0 Å². The highest BCUT2D eigenvalue weighted by molar-refractivity contribution is 7.13. The van der Waals surface area contributed by atoms with Crippen LogP contribution in [0.1, 0.15) is 24.7 Å². The molecule has 3 heterocycles. The van der Waals surface area contributed by atoms with Crippen molar-refractivity contribution in [2.45, 2.75) is 26.8 Å². The summed E-state index contributed by atoms with van der Waals surface area (Å²) in [7, 11) is 0. The maximum atomic E-state index is 11.1. The van der Waals surface area contributed by atoms with E-state index in [2.05, 4.69) is 25.5 Å². The van der Waals surface area contributed by atoms with Crippen LogP contribution in [0.3, 0.4) is 0 Å². The van der Waals surface area contributed by atoms with Crippen molar-refractivity contribution >= 4 is 28.2 Å². The van der Waals surface area contributed by atoms with E-state index in [1.54, 1.807) is 0 Å². The largest absolute Gasteiger partial charge is 0.370 e. The Morgan fingerprint density at radius 1 is 1.42 bits per heavy atom. The number of hydrogen-bond donors (Lipinski definition) is 2. The number of amides is 1. The smallest absolute Gasteiger partial charge is 0.223 e. The lowest BCUT2D eigenvalue weighted by atomic mass is 10.1. The molecule has 1 saturated heterocycles. The molecule has 0 aliphatic carbocycles. The summed E-state index contributed by atoms with van der Waals surface area (Å²) >= 11 is 1.48. The molecule has 2 N–H and O–H groups in total. The lowest BCUT2D eigenvalue weighted by molar-refractivity contribution is -0.114. The Morgan fingerprint density at radius 3 is 3.08 bits per heavy atom. The highest BCUT2D eigenvalue weighted by atomic mass is 32.1. The van der Waals surface area contributed by atoms with Crippen LogP contribution in [-0.4, -0.2) is 40.4 Å². The molecule has 1 fully saturated rings. The first-order valence-electron chi connectivity index (χ1n) is 8.20. The van der Waals surface area contributed by atoms with Crippen molar-refractivity contribution in [1.29, 1.82) is 0 Å². The average Bonchev–Trinajstić information content (AvgIpc) is 3.15. The third-order valence-corrected chi connectivity index (χ3v) is 4.86. The molecule has 1 aliphatic heterocycles. The zero-order valence-corrected chi connectivity index (χ0v) is 14.9. The number of thiazole rings is 1. The molecule has 1 atom stereocenters. The summed E-state index contributed by atoms with van der Waals surface area (Å²) in [4.78, 5) is 22.4. The highest BCUT2D eigenvalue weighted by Crippen LogP contribution is 2.21. The average molecular weight is 345 g/mol. The summed E-state index contributed by atoms with van der Waals surface area (Å²) in [6.45, 7) is 7.44. The van der Waals surface area contributed by atoms with Crippen LogP contribution in [0.25, 0.3) is 0 Å². The number of rotatable bonds is 6. The van der Waals surface area contributed by atoms with Crippen LogP contribution in [0, 0.1) is 12.8 Å². The normalized spacial score (nSPS) is 17.8. The molecular weight excluding hydrogens is 322 g/mol. The second-order valence-corrected chi connectivity index (χ2v) is 7.12. The van der Waals surface area contributed by atoms with Crippen LogP contribution in [0.15, 0.2) is 23.6 Å². The number of hydrogen-bond acceptors (Lipinski definition) is 6. The van der Waals surface area contributed by atoms with Gasteiger partial charge < -0.3 is 10.6 Å². The van der Waals surface area contributed by atoms with Gasteiger partial charge in [0.1, 0.15) is 5.82 Å². The van der Waals surface area contributed by atoms with E-state index in [1.807, 2.05) is 30.5 Å². The zero-order valence-electron chi connectivity index (χ0n) is 14.1. The minimum absolute atomic E-state index is 0.0760. The fourth-order valence-corrected chi connectivity index (χ4v) is 3.68. The van der Waals surface area contributed by atoms with Gasteiger partial charge in [0.05, 0.1) is 5.69 Å². The van der Waals surface area contributed by atoms with Gasteiger partial charge in [-0.15, -0.1) is 11.3 Å². The van der Waals surface area contributed by atoms with Crippen molar-refractivity contribution in [3.63, 3.8) is 0 Å². The van der Waals surface area contributed by atoms with Gasteiger partial charge in [-0.1, -0.05) is 6.07 Å². The first-order valence-corrected chi connectivity index (χ1v) is 9.08. The van der Waals surface area contributed by atoms with Crippen LogP contribution in [-0.2, 0) is 11.3 Å². The van der Waals surface area contributed by atoms with Gasteiger partial charge in [0.2, 0.25) is 5.91 Å². The van der Waals surface area contributed by atoms with Crippen molar-refractivity contribution in [2.75, 3.05) is 30.3 Å². The maximum absolute atomic E-state index is 11.1. The van der Waals surface area contributed by atoms with Crippen LogP contribution in [0.4, 0.5) is 10.9 Å². The van der Waals surface area contributed by atoms with Gasteiger partial charge in [-0.3, -0.25) is 9.69 Å². The molecule has 0 saturated carbocycles. The first-order chi connectivity index (χ1) is 11.6. The lowest BCUT2D eigenvalue weighted by Crippen LogP contribution is -2.23. The molecule has 0 aromatic carbocycles. The van der Waals surface area contributed by atoms with Crippen molar-refractivity contribution in [1.82, 2.24) is 14.9 Å². The van der Waals surface area contributed by atoms with E-state index in [0.29, 0.717) is 11.0 Å². The molecule has 0 radical (unpaired) electrons. The second-order valence-electron chi connectivity index (χ2n) is 6.26. The number of nitrogens with one attached hydrogen (secondary N) is 2. The molecule has 0 bridgehead atoms. The van der Waals surface area contributed by atoms with Crippen molar-refractivity contribution < 1.29 is 4.79 Å². The van der Waals surface area contributed by atoms with Gasteiger partial charge in [0.25, 0.3) is 0 Å². The third-order valence-electron chi connectivity index (χ3n) is 4.05. The SMILES string of the molecule is CC(=O)Nc1nc(CN2CC[C@H](CNc3cccc(C)n3)C2)cs1. The number of carbonyl (C=O) groups is 1. The van der Waals surface area contributed by atoms with E-state index < -0.39 is 0 Å². The number of carbonyl (C=O) groups excluding carboxylic acids is 1. The van der Waals surface area contributed by atoms with Gasteiger partial charge in [0.15, 0.2) is 5.13 Å². The number of aryl methyl sites for hydroxylation is 1. The molecule has 2 aromatic heterocycles. The van der Waals surface area contributed by atoms with Crippen molar-refractivity contribution in [3.8, 4) is 0 Å². The van der Waals surface area contributed by atoms with Gasteiger partial charge in [0, 0.05) is 37.6 Å². The predicted molar refractivity (Wildman–Crippen MR) is 97.3 cm³/mol. The Bertz CT molecular complexity index is 702. The molecule has 1 amide bonds. The van der Waals surface area contributed by atoms with Crippen LogP contribution >= 0.6 is 11.3 Å². The number of aromatic nitrogens is 2. The van der Waals surface area contributed by atoms with E-state index in [1.165, 1.54) is 24.7 Å². The Morgan fingerprint density at radius 2 is 2.29 bits per heavy atom. The fraction of sp³-hybridized carbons (Fsp3) is 0.471. The zero-order chi connectivity index (χ0) is 16.9. The molecule has 7 heteroatoms. The Balaban J connectivity index is 1.45. The molecule has 3 rings (SSSR count). The molecule has 24 heavy (non-hydrogen) atoms. The Kier molecular flexibility index (Phi) is 5.42. The molecule has 0 unspecified atom stereocenters. The van der Waals surface area contributed by atoms with E-state index >= 15 is 0 Å². The third kappa shape index (κ3) is 4.75. The standard InChI is InChI=1S/C17H23N5OS/c1-12-4-3-5-16(19-12)18-8-14-6-7-22(9-14)10-15-11-24-17(21-15)20-13(2)23/h3-5,11,14H,6-10H2,1-2H3,(H,18,19)(H,20,21,23)/t14-/m1/s1. The Hall–Kier alpha value is -1.99. The molecular formula is C17H23N5OS. The molecule has 1 aliphatic rings. The minimum atomic E-state index is -0.0760. The fourth-order valence-electron chi connectivity index (χ4n) is 2.93. The molecule has 128 valence electrons. The van der Waals surface area contributed by atoms with E-state index in [9.17, 15) is 4.79 Å². The van der Waals surface area contributed by atoms with Crippen LogP contribution in [0.2, 0.25) is 0 Å². The van der Waals surface area contributed by atoms with Crippen molar-refractivity contribution in [2.24, 2.45) is 5.92 Å². The van der Waals surface area contributed by atoms with Gasteiger partial charge in [-0.05, 0) is 37.9 Å². The summed E-state index contributed by atoms with van der Waals surface area (Å²) in [6.07, 6.45) is 1.18. The number of nitrogens with zero attached hydrogens (tertiary/aromatic N) is 3. The van der Waals surface area contributed by atoms with Crippen LogP contribution < -0.4 is 10.6 Å². The summed E-state index contributed by atoms with van der Waals surface area (Å²) in [5, 5.41) is 8.88. The maximum Gasteiger partial charge on any atom is 0.223 e. The Labute approximate surface area is 146 Å². The number of pyridine rings is 1. The predicted octanol–water partition coefficient (Wildman–Crippen LogP) is 2.74. The highest BCUT2D eigenvalue weighted by Gasteiger charge is 2.23. The van der Waals surface area contributed by atoms with E-state index in [4.69, 9.17) is 0 Å². The number of likely N-dealkylation sites (tertiary alicyclic amines) is 1. The minimum Gasteiger partial charge on any atom is -0.370 e. The molecule has 0 spiro atoms. The lowest BCUT2D eigenvalue weighted by Gasteiger charge is -2.15. The van der Waals surface area contributed by atoms with E-state index in [-0.39, 0.29) is 5.91 Å². The van der Waals surface area contributed by atoms with Gasteiger partial charge >= 0.3 is 0 Å². The van der Waals surface area contributed by atoms with Gasteiger partial charge in [-0.2, -0.15) is 0 Å². The van der Waals surface area contributed by atoms with Crippen molar-refractivity contribution in [3.05, 3.63) is 35.0 Å². The monoisotopic (exact) mass is 345 g/mol. The first kappa shape index (κ1) is 16.9. The molecule has 2 aromatic rings.